The van der Waals surface area contributed by atoms with Gasteiger partial charge in [0.1, 0.15) is 0 Å². The average Bonchev–Trinajstić information content (AvgIpc) is 2.72. The molecule has 0 aromatic heterocycles. The average molecular weight is 556 g/mol. The lowest BCUT2D eigenvalue weighted by atomic mass is 10.00. The van der Waals surface area contributed by atoms with Gasteiger partial charge in [-0.25, -0.2) is 8.42 Å². The van der Waals surface area contributed by atoms with E-state index < -0.39 is 9.84 Å². The van der Waals surface area contributed by atoms with Crippen LogP contribution in [0.15, 0.2) is 52.4 Å². The van der Waals surface area contributed by atoms with Gasteiger partial charge in [-0.1, -0.05) is 36.4 Å². The Hall–Kier alpha value is -2.14. The lowest BCUT2D eigenvalue weighted by Gasteiger charge is -2.29. The zero-order chi connectivity index (χ0) is 21.7. The summed E-state index contributed by atoms with van der Waals surface area (Å²) < 4.78 is 23.5. The molecule has 2 aromatic rings. The minimum absolute atomic E-state index is 0. The highest BCUT2D eigenvalue weighted by Gasteiger charge is 2.20. The lowest BCUT2D eigenvalue weighted by molar-refractivity contribution is -0.130. The summed E-state index contributed by atoms with van der Waals surface area (Å²) in [4.78, 5) is 19.0. The van der Waals surface area contributed by atoms with Crippen molar-refractivity contribution in [2.75, 3.05) is 26.4 Å². The second-order valence-corrected chi connectivity index (χ2v) is 9.47. The third-order valence-electron chi connectivity index (χ3n) is 5.21. The number of benzene rings is 2. The van der Waals surface area contributed by atoms with E-state index in [4.69, 9.17) is 0 Å². The summed E-state index contributed by atoms with van der Waals surface area (Å²) in [5.74, 6) is 0.548. The van der Waals surface area contributed by atoms with Gasteiger partial charge in [0.2, 0.25) is 5.91 Å². The molecule has 0 unspecified atom stereocenters. The Morgan fingerprint density at radius 1 is 1.13 bits per heavy atom. The van der Waals surface area contributed by atoms with Crippen LogP contribution in [-0.4, -0.2) is 51.6 Å². The number of hydrogen-bond acceptors (Lipinski definition) is 4. The molecule has 1 aliphatic heterocycles. The van der Waals surface area contributed by atoms with Crippen molar-refractivity contribution in [2.45, 2.75) is 31.3 Å². The van der Waals surface area contributed by atoms with Crippen molar-refractivity contribution in [3.63, 3.8) is 0 Å². The van der Waals surface area contributed by atoms with E-state index in [9.17, 15) is 13.2 Å². The quantitative estimate of drug-likeness (QED) is 0.335. The molecule has 0 atom stereocenters. The molecule has 0 spiro atoms. The first kappa shape index (κ1) is 25.1. The van der Waals surface area contributed by atoms with Crippen molar-refractivity contribution in [2.24, 2.45) is 4.99 Å². The number of carbonyl (C=O) groups is 1. The number of fused-ring (bicyclic) bond motifs is 1. The maximum Gasteiger partial charge on any atom is 0.242 e. The van der Waals surface area contributed by atoms with E-state index in [-0.39, 0.29) is 36.4 Å². The second-order valence-electron chi connectivity index (χ2n) is 7.49. The monoisotopic (exact) mass is 556 g/mol. The summed E-state index contributed by atoms with van der Waals surface area (Å²) >= 11 is 0. The number of carbonyl (C=O) groups excluding carboxylic acids is 1. The SMILES string of the molecule is CN=C(NCC(=O)N1CCc2ccccc2C1)NCc1ccc(S(C)(=O)=O)c(C)c1.I. The van der Waals surface area contributed by atoms with Crippen LogP contribution in [0.25, 0.3) is 0 Å². The van der Waals surface area contributed by atoms with Crippen molar-refractivity contribution in [1.29, 1.82) is 0 Å². The van der Waals surface area contributed by atoms with E-state index in [1.54, 1.807) is 26.1 Å². The minimum atomic E-state index is -3.23. The first-order chi connectivity index (χ1) is 14.3. The fourth-order valence-corrected chi connectivity index (χ4v) is 4.58. The van der Waals surface area contributed by atoms with Crippen LogP contribution < -0.4 is 10.6 Å². The zero-order valence-corrected chi connectivity index (χ0v) is 21.2. The number of rotatable bonds is 5. The number of aryl methyl sites for hydroxylation is 1. The van der Waals surface area contributed by atoms with Gasteiger partial charge < -0.3 is 15.5 Å². The highest BCUT2D eigenvalue weighted by atomic mass is 127. The van der Waals surface area contributed by atoms with Gasteiger partial charge in [-0.3, -0.25) is 9.79 Å². The molecule has 1 aliphatic rings. The van der Waals surface area contributed by atoms with Gasteiger partial charge in [0.15, 0.2) is 15.8 Å². The van der Waals surface area contributed by atoms with E-state index in [1.165, 1.54) is 17.4 Å². The largest absolute Gasteiger partial charge is 0.352 e. The van der Waals surface area contributed by atoms with Gasteiger partial charge in [0, 0.05) is 32.9 Å². The molecule has 1 amide bonds. The standard InChI is InChI=1S/C22H28N4O3S.HI/c1-16-12-17(8-9-20(16)30(3,28)29)13-24-22(23-2)25-14-21(27)26-11-10-18-6-4-5-7-19(18)15-26;/h4-9,12H,10-11,13-15H2,1-3H3,(H2,23,24,25);1H. The third kappa shape index (κ3) is 6.67. The zero-order valence-electron chi connectivity index (χ0n) is 18.0. The molecule has 168 valence electrons. The number of guanidine groups is 1. The molecule has 2 aromatic carbocycles. The fraction of sp³-hybridized carbons (Fsp3) is 0.364. The van der Waals surface area contributed by atoms with Gasteiger partial charge in [-0.15, -0.1) is 24.0 Å². The molecule has 0 fully saturated rings. The van der Waals surface area contributed by atoms with Gasteiger partial charge in [-0.05, 0) is 41.7 Å². The van der Waals surface area contributed by atoms with Crippen LogP contribution in [0.2, 0.25) is 0 Å². The molecule has 7 nitrogen and oxygen atoms in total. The first-order valence-electron chi connectivity index (χ1n) is 9.86. The number of nitrogens with zero attached hydrogens (tertiary/aromatic N) is 2. The second kappa shape index (κ2) is 10.9. The van der Waals surface area contributed by atoms with Crippen LogP contribution in [0.4, 0.5) is 0 Å². The normalized spacial score (nSPS) is 13.8. The van der Waals surface area contributed by atoms with Crippen molar-refractivity contribution >= 4 is 45.7 Å². The Morgan fingerprint density at radius 3 is 2.48 bits per heavy atom. The third-order valence-corrected chi connectivity index (χ3v) is 6.47. The van der Waals surface area contributed by atoms with E-state index in [0.717, 1.165) is 18.5 Å². The molecule has 0 bridgehead atoms. The van der Waals surface area contributed by atoms with Crippen molar-refractivity contribution in [3.8, 4) is 0 Å². The molecule has 1 heterocycles. The van der Waals surface area contributed by atoms with Crippen LogP contribution in [-0.2, 0) is 34.1 Å². The predicted molar refractivity (Wildman–Crippen MR) is 133 cm³/mol. The summed E-state index contributed by atoms with van der Waals surface area (Å²) in [6.45, 7) is 3.76. The lowest BCUT2D eigenvalue weighted by Crippen LogP contribution is -2.45. The number of halogens is 1. The molecule has 3 rings (SSSR count). The van der Waals surface area contributed by atoms with E-state index in [0.29, 0.717) is 29.5 Å². The number of sulfone groups is 1. The first-order valence-corrected chi connectivity index (χ1v) is 11.8. The molecule has 0 radical (unpaired) electrons. The van der Waals surface area contributed by atoms with E-state index in [1.807, 2.05) is 23.1 Å². The Labute approximate surface area is 201 Å². The van der Waals surface area contributed by atoms with Crippen LogP contribution in [0, 0.1) is 6.92 Å². The van der Waals surface area contributed by atoms with Crippen molar-refractivity contribution in [1.82, 2.24) is 15.5 Å². The summed E-state index contributed by atoms with van der Waals surface area (Å²) in [7, 11) is -1.58. The minimum Gasteiger partial charge on any atom is -0.352 e. The molecule has 0 aliphatic carbocycles. The highest BCUT2D eigenvalue weighted by Crippen LogP contribution is 2.18. The van der Waals surface area contributed by atoms with Crippen LogP contribution in [0.3, 0.4) is 0 Å². The fourth-order valence-electron chi connectivity index (χ4n) is 3.62. The van der Waals surface area contributed by atoms with Crippen molar-refractivity contribution in [3.05, 3.63) is 64.7 Å². The van der Waals surface area contributed by atoms with E-state index >= 15 is 0 Å². The molecule has 0 saturated heterocycles. The molecule has 2 N–H and O–H groups in total. The number of aliphatic imine (C=N–C) groups is 1. The van der Waals surface area contributed by atoms with Gasteiger partial charge in [-0.2, -0.15) is 0 Å². The summed E-state index contributed by atoms with van der Waals surface area (Å²) in [6, 6.07) is 13.5. The maximum absolute atomic E-state index is 12.6. The highest BCUT2D eigenvalue weighted by molar-refractivity contribution is 14.0. The van der Waals surface area contributed by atoms with Crippen LogP contribution in [0.1, 0.15) is 22.3 Å². The number of amides is 1. The Kier molecular flexibility index (Phi) is 8.87. The van der Waals surface area contributed by atoms with Gasteiger partial charge in [0.05, 0.1) is 11.4 Å². The van der Waals surface area contributed by atoms with Gasteiger partial charge in [0.25, 0.3) is 0 Å². The van der Waals surface area contributed by atoms with Crippen LogP contribution in [0.5, 0.6) is 0 Å². The summed E-state index contributed by atoms with van der Waals surface area (Å²) in [5, 5.41) is 6.23. The molecular weight excluding hydrogens is 527 g/mol. The Morgan fingerprint density at radius 2 is 1.84 bits per heavy atom. The Bertz CT molecular complexity index is 1070. The van der Waals surface area contributed by atoms with E-state index in [2.05, 4.69) is 27.8 Å². The molecular formula is C22H29IN4O3S. The summed E-state index contributed by atoms with van der Waals surface area (Å²) in [5.41, 5.74) is 4.15. The predicted octanol–water partition coefficient (Wildman–Crippen LogP) is 2.27. The number of hydrogen-bond donors (Lipinski definition) is 2. The van der Waals surface area contributed by atoms with Crippen molar-refractivity contribution < 1.29 is 13.2 Å². The smallest absolute Gasteiger partial charge is 0.242 e. The Balaban J connectivity index is 0.00000341. The number of nitrogens with one attached hydrogen (secondary N) is 2. The molecule has 9 heteroatoms. The van der Waals surface area contributed by atoms with Gasteiger partial charge >= 0.3 is 0 Å². The topological polar surface area (TPSA) is 90.9 Å². The summed E-state index contributed by atoms with van der Waals surface area (Å²) in [6.07, 6.45) is 2.08. The maximum atomic E-state index is 12.6. The molecule has 0 saturated carbocycles. The van der Waals surface area contributed by atoms with Crippen LogP contribution >= 0.6 is 24.0 Å². The molecule has 31 heavy (non-hydrogen) atoms.